The monoisotopic (exact) mass is 307 g/mol. The smallest absolute Gasteiger partial charge is 0.230 e. The first kappa shape index (κ1) is 15.7. The molecule has 0 fully saturated rings. The molecule has 2 aromatic heterocycles. The Morgan fingerprint density at radius 1 is 1.43 bits per heavy atom. The maximum Gasteiger partial charge on any atom is 0.230 e. The number of nitrogens with zero attached hydrogens (tertiary/aromatic N) is 2. The zero-order valence-corrected chi connectivity index (χ0v) is 13.9. The molecule has 0 atom stereocenters. The Balaban J connectivity index is 2.08. The summed E-state index contributed by atoms with van der Waals surface area (Å²) < 4.78 is 5.17. The van der Waals surface area contributed by atoms with Gasteiger partial charge in [0.15, 0.2) is 0 Å². The molecule has 0 radical (unpaired) electrons. The third-order valence-corrected chi connectivity index (χ3v) is 4.72. The molecular formula is C15H21N3O2S. The van der Waals surface area contributed by atoms with Crippen LogP contribution in [0, 0.1) is 13.8 Å². The number of nitrogens with one attached hydrogen (secondary N) is 1. The van der Waals surface area contributed by atoms with Gasteiger partial charge in [-0.3, -0.25) is 4.79 Å². The Kier molecular flexibility index (Phi) is 4.46. The predicted molar refractivity (Wildman–Crippen MR) is 82.3 cm³/mol. The number of hydrogen-bond acceptors (Lipinski definition) is 5. The molecule has 0 spiro atoms. The summed E-state index contributed by atoms with van der Waals surface area (Å²) in [5, 5.41) is 7.82. The minimum absolute atomic E-state index is 0.0508. The van der Waals surface area contributed by atoms with E-state index in [0.717, 1.165) is 22.7 Å². The van der Waals surface area contributed by atoms with E-state index in [0.29, 0.717) is 12.3 Å². The summed E-state index contributed by atoms with van der Waals surface area (Å²) in [5.74, 6) is 0.639. The zero-order valence-electron chi connectivity index (χ0n) is 13.1. The minimum Gasteiger partial charge on any atom is -0.361 e. The van der Waals surface area contributed by atoms with Crippen LogP contribution >= 0.6 is 11.3 Å². The maximum atomic E-state index is 12.5. The molecule has 2 rings (SSSR count). The topological polar surface area (TPSA) is 68.0 Å². The maximum absolute atomic E-state index is 12.5. The van der Waals surface area contributed by atoms with Crippen LogP contribution in [0.2, 0.25) is 0 Å². The van der Waals surface area contributed by atoms with Gasteiger partial charge in [0.25, 0.3) is 0 Å². The Morgan fingerprint density at radius 2 is 2.14 bits per heavy atom. The molecule has 1 N–H and O–H groups in total. The molecule has 6 heteroatoms. The summed E-state index contributed by atoms with van der Waals surface area (Å²) in [7, 11) is 0. The van der Waals surface area contributed by atoms with Gasteiger partial charge < -0.3 is 9.84 Å². The van der Waals surface area contributed by atoms with Crippen molar-refractivity contribution in [3.05, 3.63) is 33.1 Å². The molecule has 0 aliphatic heterocycles. The molecule has 0 aliphatic rings. The van der Waals surface area contributed by atoms with E-state index in [9.17, 15) is 4.79 Å². The highest BCUT2D eigenvalue weighted by Gasteiger charge is 2.35. The number of aromatic nitrogens is 2. The van der Waals surface area contributed by atoms with Gasteiger partial charge in [-0.1, -0.05) is 12.1 Å². The molecule has 0 bridgehead atoms. The third-order valence-electron chi connectivity index (χ3n) is 3.58. The van der Waals surface area contributed by atoms with Gasteiger partial charge in [-0.25, -0.2) is 4.98 Å². The summed E-state index contributed by atoms with van der Waals surface area (Å²) in [6, 6.07) is 0. The largest absolute Gasteiger partial charge is 0.361 e. The fraction of sp³-hybridized carbons (Fsp3) is 0.533. The third kappa shape index (κ3) is 3.15. The average Bonchev–Trinajstić information content (AvgIpc) is 3.02. The molecule has 2 aromatic rings. The predicted octanol–water partition coefficient (Wildman–Crippen LogP) is 2.90. The van der Waals surface area contributed by atoms with Crippen molar-refractivity contribution in [2.24, 2.45) is 0 Å². The van der Waals surface area contributed by atoms with Crippen LogP contribution in [0.25, 0.3) is 0 Å². The molecular weight excluding hydrogens is 286 g/mol. The highest BCUT2D eigenvalue weighted by molar-refractivity contribution is 7.11. The summed E-state index contributed by atoms with van der Waals surface area (Å²) in [6.45, 7) is 10.0. The van der Waals surface area contributed by atoms with E-state index >= 15 is 0 Å². The highest BCUT2D eigenvalue weighted by Crippen LogP contribution is 2.29. The lowest BCUT2D eigenvalue weighted by atomic mass is 9.82. The standard InChI is InChI=1S/C15H21N3O2S/c1-6-11-7-16-12(21-11)8-17-14(19)15(4,5)13-9(2)18-20-10(13)3/h7H,6,8H2,1-5H3,(H,17,19). The molecule has 1 amide bonds. The summed E-state index contributed by atoms with van der Waals surface area (Å²) in [6.07, 6.45) is 2.84. The first-order chi connectivity index (χ1) is 9.86. The lowest BCUT2D eigenvalue weighted by Gasteiger charge is -2.23. The van der Waals surface area contributed by atoms with E-state index in [1.807, 2.05) is 33.9 Å². The van der Waals surface area contributed by atoms with Gasteiger partial charge in [-0.15, -0.1) is 11.3 Å². The van der Waals surface area contributed by atoms with Crippen molar-refractivity contribution >= 4 is 17.2 Å². The van der Waals surface area contributed by atoms with Crippen LogP contribution in [0.1, 0.15) is 47.7 Å². The van der Waals surface area contributed by atoms with Gasteiger partial charge >= 0.3 is 0 Å². The Hall–Kier alpha value is -1.69. The van der Waals surface area contributed by atoms with Crippen molar-refractivity contribution in [1.82, 2.24) is 15.5 Å². The van der Waals surface area contributed by atoms with Crippen molar-refractivity contribution in [2.75, 3.05) is 0 Å². The van der Waals surface area contributed by atoms with Crippen LogP contribution in [0.4, 0.5) is 0 Å². The van der Waals surface area contributed by atoms with Crippen LogP contribution < -0.4 is 5.32 Å². The van der Waals surface area contributed by atoms with Gasteiger partial charge in [-0.05, 0) is 34.1 Å². The number of amides is 1. The molecule has 5 nitrogen and oxygen atoms in total. The van der Waals surface area contributed by atoms with Crippen molar-refractivity contribution in [3.8, 4) is 0 Å². The number of hydrogen-bond donors (Lipinski definition) is 1. The van der Waals surface area contributed by atoms with Gasteiger partial charge in [0.1, 0.15) is 10.8 Å². The second-order valence-electron chi connectivity index (χ2n) is 5.58. The molecule has 2 heterocycles. The lowest BCUT2D eigenvalue weighted by molar-refractivity contribution is -0.125. The minimum atomic E-state index is -0.682. The molecule has 0 aromatic carbocycles. The fourth-order valence-corrected chi connectivity index (χ4v) is 3.26. The molecule has 114 valence electrons. The Bertz CT molecular complexity index is 624. The van der Waals surface area contributed by atoms with Gasteiger partial charge in [-0.2, -0.15) is 0 Å². The van der Waals surface area contributed by atoms with E-state index in [1.165, 1.54) is 4.88 Å². The van der Waals surface area contributed by atoms with E-state index < -0.39 is 5.41 Å². The number of rotatable bonds is 5. The molecule has 0 saturated carbocycles. The number of carbonyl (C=O) groups excluding carboxylic acids is 1. The van der Waals surface area contributed by atoms with E-state index in [4.69, 9.17) is 4.52 Å². The summed E-state index contributed by atoms with van der Waals surface area (Å²) in [5.41, 5.74) is 0.933. The van der Waals surface area contributed by atoms with E-state index in [-0.39, 0.29) is 5.91 Å². The van der Waals surface area contributed by atoms with Gasteiger partial charge in [0.2, 0.25) is 5.91 Å². The van der Waals surface area contributed by atoms with E-state index in [1.54, 1.807) is 11.3 Å². The van der Waals surface area contributed by atoms with Crippen molar-refractivity contribution in [3.63, 3.8) is 0 Å². The van der Waals surface area contributed by atoms with Crippen molar-refractivity contribution in [2.45, 2.75) is 53.0 Å². The zero-order chi connectivity index (χ0) is 15.6. The van der Waals surface area contributed by atoms with Crippen LogP contribution in [0.3, 0.4) is 0 Å². The molecule has 0 unspecified atom stereocenters. The first-order valence-corrected chi connectivity index (χ1v) is 7.83. The lowest BCUT2D eigenvalue weighted by Crippen LogP contribution is -2.40. The second-order valence-corrected chi connectivity index (χ2v) is 6.78. The molecule has 0 aliphatic carbocycles. The average molecular weight is 307 g/mol. The first-order valence-electron chi connectivity index (χ1n) is 7.01. The van der Waals surface area contributed by atoms with Crippen LogP contribution in [-0.4, -0.2) is 16.0 Å². The molecule has 21 heavy (non-hydrogen) atoms. The van der Waals surface area contributed by atoms with Crippen LogP contribution in [0.5, 0.6) is 0 Å². The highest BCUT2D eigenvalue weighted by atomic mass is 32.1. The Morgan fingerprint density at radius 3 is 2.67 bits per heavy atom. The Labute approximate surface area is 128 Å². The number of aryl methyl sites for hydroxylation is 3. The second kappa shape index (κ2) is 5.97. The quantitative estimate of drug-likeness (QED) is 0.922. The van der Waals surface area contributed by atoms with Crippen LogP contribution in [0.15, 0.2) is 10.7 Å². The van der Waals surface area contributed by atoms with Gasteiger partial charge in [0.05, 0.1) is 17.7 Å². The SMILES string of the molecule is CCc1cnc(CNC(=O)C(C)(C)c2c(C)noc2C)s1. The summed E-state index contributed by atoms with van der Waals surface area (Å²) >= 11 is 1.63. The van der Waals surface area contributed by atoms with E-state index in [2.05, 4.69) is 22.4 Å². The van der Waals surface area contributed by atoms with Gasteiger partial charge in [0, 0.05) is 16.6 Å². The normalized spacial score (nSPS) is 11.7. The van der Waals surface area contributed by atoms with Crippen molar-refractivity contribution < 1.29 is 9.32 Å². The number of thiazole rings is 1. The summed E-state index contributed by atoms with van der Waals surface area (Å²) in [4.78, 5) is 18.1. The molecule has 0 saturated heterocycles. The fourth-order valence-electron chi connectivity index (χ4n) is 2.46. The number of carbonyl (C=O) groups is 1. The van der Waals surface area contributed by atoms with Crippen molar-refractivity contribution in [1.29, 1.82) is 0 Å². The van der Waals surface area contributed by atoms with Crippen LogP contribution in [-0.2, 0) is 23.2 Å².